The van der Waals surface area contributed by atoms with Crippen molar-refractivity contribution in [3.05, 3.63) is 53.3 Å². The molecule has 7 atom stereocenters. The Bertz CT molecular complexity index is 978. The molecule has 1 N–H and O–H groups in total. The summed E-state index contributed by atoms with van der Waals surface area (Å²) in [6, 6.07) is 8.19. The third-order valence-electron chi connectivity index (χ3n) is 9.22. The van der Waals surface area contributed by atoms with Gasteiger partial charge in [0.2, 0.25) is 0 Å². The van der Waals surface area contributed by atoms with E-state index in [1.54, 1.807) is 7.11 Å². The van der Waals surface area contributed by atoms with E-state index in [1.807, 2.05) is 19.1 Å². The first-order valence-electron chi connectivity index (χ1n) is 12.8. The summed E-state index contributed by atoms with van der Waals surface area (Å²) in [5.74, 6) is 11.2. The molecule has 2 unspecified atom stereocenters. The molecule has 5 rings (SSSR count). The van der Waals surface area contributed by atoms with E-state index < -0.39 is 0 Å². The molecule has 0 amide bonds. The Balaban J connectivity index is 1.29. The van der Waals surface area contributed by atoms with Crippen molar-refractivity contribution in [3.8, 4) is 17.6 Å². The molecule has 2 saturated carbocycles. The van der Waals surface area contributed by atoms with Crippen LogP contribution in [0.3, 0.4) is 0 Å². The van der Waals surface area contributed by atoms with Crippen LogP contribution < -0.4 is 4.74 Å². The van der Waals surface area contributed by atoms with Gasteiger partial charge in [-0.1, -0.05) is 31.1 Å². The Morgan fingerprint density at radius 3 is 2.70 bits per heavy atom. The van der Waals surface area contributed by atoms with Crippen molar-refractivity contribution in [2.24, 2.45) is 29.1 Å². The summed E-state index contributed by atoms with van der Waals surface area (Å²) in [5.41, 5.74) is 2.85. The minimum atomic E-state index is -0.126. The van der Waals surface area contributed by atoms with Crippen LogP contribution >= 0.6 is 0 Å². The highest BCUT2D eigenvalue weighted by molar-refractivity contribution is 5.32. The topological polar surface area (TPSA) is 38.7 Å². The van der Waals surface area contributed by atoms with Crippen LogP contribution in [0.25, 0.3) is 0 Å². The van der Waals surface area contributed by atoms with E-state index in [4.69, 9.17) is 9.47 Å². The monoisotopic (exact) mass is 446 g/mol. The fourth-order valence-electron chi connectivity index (χ4n) is 7.44. The van der Waals surface area contributed by atoms with Gasteiger partial charge in [0.25, 0.3) is 0 Å². The molecule has 0 bridgehead atoms. The van der Waals surface area contributed by atoms with Gasteiger partial charge in [0.15, 0.2) is 6.10 Å². The predicted octanol–water partition coefficient (Wildman–Crippen LogP) is 6.07. The second-order valence-electron chi connectivity index (χ2n) is 10.8. The summed E-state index contributed by atoms with van der Waals surface area (Å²) < 4.78 is 11.7. The highest BCUT2D eigenvalue weighted by Gasteiger charge is 2.55. The van der Waals surface area contributed by atoms with Crippen molar-refractivity contribution in [2.45, 2.75) is 77.4 Å². The van der Waals surface area contributed by atoms with Crippen molar-refractivity contribution in [3.63, 3.8) is 0 Å². The van der Waals surface area contributed by atoms with Gasteiger partial charge in [-0.05, 0) is 104 Å². The molecule has 1 aromatic rings. The lowest BCUT2D eigenvalue weighted by atomic mass is 9.53. The van der Waals surface area contributed by atoms with Gasteiger partial charge in [-0.25, -0.2) is 0 Å². The fourth-order valence-corrected chi connectivity index (χ4v) is 7.44. The molecule has 0 spiro atoms. The molecule has 0 heterocycles. The number of ether oxygens (including phenoxy) is 2. The number of aliphatic hydroxyl groups is 1. The van der Waals surface area contributed by atoms with Crippen LogP contribution in [0.5, 0.6) is 5.75 Å². The number of aliphatic hydroxyl groups excluding tert-OH is 1. The Morgan fingerprint density at radius 2 is 1.94 bits per heavy atom. The second-order valence-corrected chi connectivity index (χ2v) is 10.8. The molecule has 2 fully saturated rings. The summed E-state index contributed by atoms with van der Waals surface area (Å²) >= 11 is 0. The van der Waals surface area contributed by atoms with Gasteiger partial charge < -0.3 is 14.6 Å². The number of rotatable bonds is 5. The third-order valence-corrected chi connectivity index (χ3v) is 9.22. The van der Waals surface area contributed by atoms with Crippen molar-refractivity contribution in [2.75, 3.05) is 7.11 Å². The maximum absolute atomic E-state index is 10.6. The average Bonchev–Trinajstić information content (AvgIpc) is 3.14. The molecule has 1 aromatic carbocycles. The van der Waals surface area contributed by atoms with Gasteiger partial charge >= 0.3 is 0 Å². The first kappa shape index (κ1) is 22.6. The molecule has 4 aliphatic carbocycles. The quantitative estimate of drug-likeness (QED) is 0.558. The van der Waals surface area contributed by atoms with E-state index in [0.717, 1.165) is 49.0 Å². The number of hydrogen-bond donors (Lipinski definition) is 1. The van der Waals surface area contributed by atoms with Gasteiger partial charge in [0.1, 0.15) is 5.75 Å². The average molecular weight is 447 g/mol. The van der Waals surface area contributed by atoms with Crippen LogP contribution in [0.2, 0.25) is 0 Å². The molecule has 3 nitrogen and oxygen atoms in total. The molecule has 176 valence electrons. The van der Waals surface area contributed by atoms with Gasteiger partial charge in [-0.2, -0.15) is 0 Å². The van der Waals surface area contributed by atoms with Gasteiger partial charge in [0.05, 0.1) is 19.0 Å². The Morgan fingerprint density at radius 1 is 1.12 bits per heavy atom. The Hall–Kier alpha value is -2.18. The van der Waals surface area contributed by atoms with Crippen LogP contribution in [0, 0.1) is 40.9 Å². The van der Waals surface area contributed by atoms with Crippen LogP contribution in [0.1, 0.15) is 64.4 Å². The largest absolute Gasteiger partial charge is 0.497 e. The lowest BCUT2D eigenvalue weighted by molar-refractivity contribution is -0.0458. The van der Waals surface area contributed by atoms with E-state index in [0.29, 0.717) is 11.8 Å². The zero-order valence-electron chi connectivity index (χ0n) is 20.3. The van der Waals surface area contributed by atoms with Gasteiger partial charge in [0, 0.05) is 12.8 Å². The first-order valence-corrected chi connectivity index (χ1v) is 12.8. The first-order chi connectivity index (χ1) is 16.0. The lowest BCUT2D eigenvalue weighted by Crippen LogP contribution is -2.46. The molecule has 0 aliphatic heterocycles. The van der Waals surface area contributed by atoms with E-state index in [-0.39, 0.29) is 17.6 Å². The van der Waals surface area contributed by atoms with Crippen molar-refractivity contribution in [1.29, 1.82) is 0 Å². The number of hydrogen-bond acceptors (Lipinski definition) is 3. The molecular weight excluding hydrogens is 408 g/mol. The van der Waals surface area contributed by atoms with E-state index in [1.165, 1.54) is 36.8 Å². The third kappa shape index (κ3) is 4.24. The van der Waals surface area contributed by atoms with Crippen molar-refractivity contribution in [1.82, 2.24) is 0 Å². The van der Waals surface area contributed by atoms with Crippen LogP contribution in [-0.4, -0.2) is 24.4 Å². The highest BCUT2D eigenvalue weighted by Crippen LogP contribution is 2.61. The molecule has 33 heavy (non-hydrogen) atoms. The second kappa shape index (κ2) is 9.22. The maximum atomic E-state index is 10.6. The molecule has 0 radical (unpaired) electrons. The SMILES string of the molecule is CC#CC(Cc1ccc(OC)cc1)OC1=CC2=CC[C@@H]3[C@H](CC[C@]4(C)C(O)CC[C@@H]34)[C@H]2CC1. The molecular formula is C30H38O3. The van der Waals surface area contributed by atoms with E-state index in [9.17, 15) is 5.11 Å². The minimum absolute atomic E-state index is 0.0950. The molecule has 4 aliphatic rings. The summed E-state index contributed by atoms with van der Waals surface area (Å²) in [7, 11) is 1.69. The summed E-state index contributed by atoms with van der Waals surface area (Å²) in [6.07, 6.45) is 13.4. The zero-order chi connectivity index (χ0) is 23.0. The van der Waals surface area contributed by atoms with Gasteiger partial charge in [-0.15, -0.1) is 5.92 Å². The summed E-state index contributed by atoms with van der Waals surface area (Å²) in [4.78, 5) is 0. The molecule has 0 aromatic heterocycles. The predicted molar refractivity (Wildman–Crippen MR) is 132 cm³/mol. The number of allylic oxidation sites excluding steroid dienone is 4. The normalized spacial score (nSPS) is 35.6. The lowest BCUT2D eigenvalue weighted by Gasteiger charge is -2.52. The molecule has 3 heteroatoms. The smallest absolute Gasteiger partial charge is 0.162 e. The Labute approximate surface area is 199 Å². The van der Waals surface area contributed by atoms with Crippen LogP contribution in [0.15, 0.2) is 47.7 Å². The van der Waals surface area contributed by atoms with Gasteiger partial charge in [-0.3, -0.25) is 0 Å². The standard InChI is InChI=1S/C30H38O3/c1-4-5-23(18-20-6-9-22(32-3)10-7-20)33-24-11-13-25-21(19-24)8-12-27-26(25)16-17-30(2)28(27)14-15-29(30)31/h6-10,19,23,25-29,31H,11-18H2,1-3H3/t23?,25-,26+,27+,28-,29?,30-/m0/s1. The fraction of sp³-hybridized carbons (Fsp3) is 0.600. The van der Waals surface area contributed by atoms with Crippen LogP contribution in [-0.2, 0) is 11.2 Å². The van der Waals surface area contributed by atoms with Crippen molar-refractivity contribution < 1.29 is 14.6 Å². The number of fused-ring (bicyclic) bond motifs is 5. The minimum Gasteiger partial charge on any atom is -0.497 e. The van der Waals surface area contributed by atoms with E-state index in [2.05, 4.69) is 43.0 Å². The maximum Gasteiger partial charge on any atom is 0.162 e. The zero-order valence-corrected chi connectivity index (χ0v) is 20.3. The summed E-state index contributed by atoms with van der Waals surface area (Å²) in [6.45, 7) is 4.24. The number of methoxy groups -OCH3 is 1. The van der Waals surface area contributed by atoms with Crippen molar-refractivity contribution >= 4 is 0 Å². The molecule has 0 saturated heterocycles. The Kier molecular flexibility index (Phi) is 6.32. The van der Waals surface area contributed by atoms with E-state index >= 15 is 0 Å². The summed E-state index contributed by atoms with van der Waals surface area (Å²) in [5, 5.41) is 10.6. The highest BCUT2D eigenvalue weighted by atomic mass is 16.5. The van der Waals surface area contributed by atoms with Crippen LogP contribution in [0.4, 0.5) is 0 Å². The number of benzene rings is 1.